The Kier molecular flexibility index (Phi) is 6.24. The summed E-state index contributed by atoms with van der Waals surface area (Å²) in [7, 11) is 0. The van der Waals surface area contributed by atoms with Gasteiger partial charge in [0.15, 0.2) is 0 Å². The van der Waals surface area contributed by atoms with Gasteiger partial charge in [0, 0.05) is 57.4 Å². The van der Waals surface area contributed by atoms with E-state index in [0.29, 0.717) is 17.9 Å². The van der Waals surface area contributed by atoms with Gasteiger partial charge >= 0.3 is 0 Å². The summed E-state index contributed by atoms with van der Waals surface area (Å²) in [5.41, 5.74) is 2.43. The monoisotopic (exact) mass is 446 g/mol. The first-order valence-corrected chi connectivity index (χ1v) is 11.8. The van der Waals surface area contributed by atoms with Gasteiger partial charge in [0.1, 0.15) is 5.82 Å². The van der Waals surface area contributed by atoms with E-state index in [1.807, 2.05) is 46.2 Å². The van der Waals surface area contributed by atoms with Crippen LogP contribution in [-0.4, -0.2) is 75.8 Å². The number of H-pyrrole nitrogens is 1. The van der Waals surface area contributed by atoms with E-state index in [1.165, 1.54) is 0 Å². The van der Waals surface area contributed by atoms with Crippen molar-refractivity contribution in [2.24, 2.45) is 5.92 Å². The number of rotatable bonds is 5. The lowest BCUT2D eigenvalue weighted by molar-refractivity contribution is -0.131. The summed E-state index contributed by atoms with van der Waals surface area (Å²) in [6.07, 6.45) is 6.90. The lowest BCUT2D eigenvalue weighted by atomic mass is 9.92. The van der Waals surface area contributed by atoms with Crippen molar-refractivity contribution in [1.82, 2.24) is 24.8 Å². The first-order chi connectivity index (χ1) is 16.2. The molecule has 2 fully saturated rings. The number of piperazine rings is 1. The SMILES string of the molecule is O=C(CC[C@@H]1CCCN(C(=O)c2ccc3nc[nH]c3c2)C1)N1CCN(c2ccccn2)CC1. The number of aromatic nitrogens is 3. The van der Waals surface area contributed by atoms with E-state index in [1.54, 1.807) is 12.5 Å². The van der Waals surface area contributed by atoms with Crippen LogP contribution < -0.4 is 4.90 Å². The molecule has 172 valence electrons. The average Bonchev–Trinajstić information content (AvgIpc) is 3.36. The number of aromatic amines is 1. The highest BCUT2D eigenvalue weighted by Crippen LogP contribution is 2.24. The quantitative estimate of drug-likeness (QED) is 0.651. The molecule has 0 bridgehead atoms. The van der Waals surface area contributed by atoms with Crippen molar-refractivity contribution >= 4 is 28.7 Å². The topological polar surface area (TPSA) is 85.4 Å². The zero-order valence-electron chi connectivity index (χ0n) is 18.8. The summed E-state index contributed by atoms with van der Waals surface area (Å²) in [6, 6.07) is 11.5. The fourth-order valence-corrected chi connectivity index (χ4v) is 4.95. The number of carbonyl (C=O) groups is 2. The Hall–Kier alpha value is -3.42. The Labute approximate surface area is 193 Å². The van der Waals surface area contributed by atoms with Crippen molar-refractivity contribution in [3.05, 3.63) is 54.5 Å². The van der Waals surface area contributed by atoms with Gasteiger partial charge in [0.25, 0.3) is 5.91 Å². The molecule has 2 aromatic heterocycles. The number of nitrogens with one attached hydrogen (secondary N) is 1. The molecule has 5 rings (SSSR count). The van der Waals surface area contributed by atoms with Crippen LogP contribution in [0.1, 0.15) is 36.0 Å². The van der Waals surface area contributed by atoms with E-state index in [2.05, 4.69) is 19.9 Å². The lowest BCUT2D eigenvalue weighted by Gasteiger charge is -2.36. The predicted octanol–water partition coefficient (Wildman–Crippen LogP) is 2.94. The van der Waals surface area contributed by atoms with Crippen LogP contribution >= 0.6 is 0 Å². The molecule has 1 N–H and O–H groups in total. The molecule has 8 nitrogen and oxygen atoms in total. The van der Waals surface area contributed by atoms with Crippen LogP contribution in [0.4, 0.5) is 5.82 Å². The molecule has 33 heavy (non-hydrogen) atoms. The third-order valence-corrected chi connectivity index (χ3v) is 6.85. The minimum absolute atomic E-state index is 0.0631. The summed E-state index contributed by atoms with van der Waals surface area (Å²) in [6.45, 7) is 4.60. The number of carbonyl (C=O) groups excluding carboxylic acids is 2. The van der Waals surface area contributed by atoms with Gasteiger partial charge < -0.3 is 19.7 Å². The summed E-state index contributed by atoms with van der Waals surface area (Å²) in [5.74, 6) is 1.64. The van der Waals surface area contributed by atoms with Crippen LogP contribution in [0.25, 0.3) is 11.0 Å². The number of hydrogen-bond acceptors (Lipinski definition) is 5. The Bertz CT molecular complexity index is 1110. The number of amides is 2. The number of hydrogen-bond donors (Lipinski definition) is 1. The van der Waals surface area contributed by atoms with Crippen molar-refractivity contribution in [2.75, 3.05) is 44.2 Å². The fraction of sp³-hybridized carbons (Fsp3) is 0.440. The average molecular weight is 447 g/mol. The van der Waals surface area contributed by atoms with Gasteiger partial charge in [-0.3, -0.25) is 9.59 Å². The zero-order valence-corrected chi connectivity index (χ0v) is 18.8. The number of pyridine rings is 1. The van der Waals surface area contributed by atoms with Gasteiger partial charge in [-0.15, -0.1) is 0 Å². The molecule has 2 aliphatic heterocycles. The highest BCUT2D eigenvalue weighted by atomic mass is 16.2. The van der Waals surface area contributed by atoms with Gasteiger partial charge in [0.05, 0.1) is 17.4 Å². The van der Waals surface area contributed by atoms with E-state index < -0.39 is 0 Å². The summed E-state index contributed by atoms with van der Waals surface area (Å²) in [4.78, 5) is 43.7. The molecule has 0 spiro atoms. The Morgan fingerprint density at radius 2 is 1.88 bits per heavy atom. The van der Waals surface area contributed by atoms with Crippen LogP contribution in [0.15, 0.2) is 48.9 Å². The molecular formula is C25H30N6O2. The minimum atomic E-state index is 0.0631. The molecule has 0 saturated carbocycles. The molecule has 4 heterocycles. The maximum atomic E-state index is 13.1. The van der Waals surface area contributed by atoms with E-state index in [9.17, 15) is 9.59 Å². The summed E-state index contributed by atoms with van der Waals surface area (Å²) in [5, 5.41) is 0. The van der Waals surface area contributed by atoms with Crippen LogP contribution in [0.5, 0.6) is 0 Å². The normalized spacial score (nSPS) is 19.2. The number of benzene rings is 1. The number of imidazole rings is 1. The minimum Gasteiger partial charge on any atom is -0.353 e. The van der Waals surface area contributed by atoms with Crippen molar-refractivity contribution in [1.29, 1.82) is 0 Å². The molecule has 3 aromatic rings. The van der Waals surface area contributed by atoms with Crippen LogP contribution in [-0.2, 0) is 4.79 Å². The summed E-state index contributed by atoms with van der Waals surface area (Å²) >= 11 is 0. The molecule has 2 aliphatic rings. The zero-order chi connectivity index (χ0) is 22.6. The molecule has 8 heteroatoms. The summed E-state index contributed by atoms with van der Waals surface area (Å²) < 4.78 is 0. The maximum Gasteiger partial charge on any atom is 0.253 e. The third kappa shape index (κ3) is 4.84. The van der Waals surface area contributed by atoms with Crippen LogP contribution in [0.2, 0.25) is 0 Å². The number of anilines is 1. The van der Waals surface area contributed by atoms with Crippen molar-refractivity contribution < 1.29 is 9.59 Å². The van der Waals surface area contributed by atoms with E-state index in [0.717, 1.165) is 75.4 Å². The molecule has 0 radical (unpaired) electrons. The van der Waals surface area contributed by atoms with Crippen LogP contribution in [0.3, 0.4) is 0 Å². The molecule has 0 unspecified atom stereocenters. The first kappa shape index (κ1) is 21.4. The van der Waals surface area contributed by atoms with Gasteiger partial charge in [-0.05, 0) is 55.5 Å². The van der Waals surface area contributed by atoms with E-state index in [4.69, 9.17) is 0 Å². The molecule has 2 amide bonds. The molecule has 2 saturated heterocycles. The van der Waals surface area contributed by atoms with Crippen LogP contribution in [0, 0.1) is 5.92 Å². The second-order valence-corrected chi connectivity index (χ2v) is 8.99. The van der Waals surface area contributed by atoms with Crippen molar-refractivity contribution in [3.8, 4) is 0 Å². The van der Waals surface area contributed by atoms with Gasteiger partial charge in [-0.25, -0.2) is 9.97 Å². The number of likely N-dealkylation sites (tertiary alicyclic amines) is 1. The largest absolute Gasteiger partial charge is 0.353 e. The molecular weight excluding hydrogens is 416 g/mol. The highest BCUT2D eigenvalue weighted by molar-refractivity contribution is 5.97. The van der Waals surface area contributed by atoms with Gasteiger partial charge in [-0.1, -0.05) is 6.07 Å². The first-order valence-electron chi connectivity index (χ1n) is 11.8. The predicted molar refractivity (Wildman–Crippen MR) is 127 cm³/mol. The Balaban J connectivity index is 1.10. The Morgan fingerprint density at radius 3 is 2.70 bits per heavy atom. The smallest absolute Gasteiger partial charge is 0.253 e. The van der Waals surface area contributed by atoms with Gasteiger partial charge in [-0.2, -0.15) is 0 Å². The second-order valence-electron chi connectivity index (χ2n) is 8.99. The maximum absolute atomic E-state index is 13.1. The molecule has 1 atom stereocenters. The lowest BCUT2D eigenvalue weighted by Crippen LogP contribution is -2.49. The number of nitrogens with zero attached hydrogens (tertiary/aromatic N) is 5. The second kappa shape index (κ2) is 9.60. The number of fused-ring (bicyclic) bond motifs is 1. The third-order valence-electron chi connectivity index (χ3n) is 6.85. The standard InChI is InChI=1S/C25H30N6O2/c32-24(30-14-12-29(13-15-30)23-5-1-2-10-26-23)9-6-19-4-3-11-31(17-19)25(33)20-7-8-21-22(16-20)28-18-27-21/h1-2,5,7-8,10,16,18-19H,3-4,6,9,11-15,17H2,(H,27,28)/t19-/m0/s1. The molecule has 1 aromatic carbocycles. The molecule has 0 aliphatic carbocycles. The fourth-order valence-electron chi connectivity index (χ4n) is 4.95. The number of piperidine rings is 1. The van der Waals surface area contributed by atoms with E-state index >= 15 is 0 Å². The van der Waals surface area contributed by atoms with E-state index in [-0.39, 0.29) is 11.8 Å². The highest BCUT2D eigenvalue weighted by Gasteiger charge is 2.27. The van der Waals surface area contributed by atoms with Crippen molar-refractivity contribution in [3.63, 3.8) is 0 Å². The Morgan fingerprint density at radius 1 is 1.00 bits per heavy atom. The van der Waals surface area contributed by atoms with Gasteiger partial charge in [0.2, 0.25) is 5.91 Å². The van der Waals surface area contributed by atoms with Crippen molar-refractivity contribution in [2.45, 2.75) is 25.7 Å².